The highest BCUT2D eigenvalue weighted by atomic mass is 35.5. The van der Waals surface area contributed by atoms with E-state index in [2.05, 4.69) is 10.4 Å². The number of carbonyl (C=O) groups excluding carboxylic acids is 1. The number of ether oxygens (including phenoxy) is 1. The van der Waals surface area contributed by atoms with Gasteiger partial charge in [-0.2, -0.15) is 5.10 Å². The Morgan fingerprint density at radius 3 is 2.76 bits per heavy atom. The van der Waals surface area contributed by atoms with Crippen molar-refractivity contribution in [2.45, 2.75) is 6.54 Å². The molecule has 2 aromatic carbocycles. The van der Waals surface area contributed by atoms with E-state index in [0.29, 0.717) is 33.7 Å². The van der Waals surface area contributed by atoms with Gasteiger partial charge in [0.15, 0.2) is 5.82 Å². The molecule has 0 unspecified atom stereocenters. The number of carbonyl (C=O) groups is 1. The third-order valence-electron chi connectivity index (χ3n) is 3.54. The quantitative estimate of drug-likeness (QED) is 0.714. The van der Waals surface area contributed by atoms with Crippen LogP contribution in [0.25, 0.3) is 0 Å². The molecule has 0 atom stereocenters. The highest BCUT2D eigenvalue weighted by molar-refractivity contribution is 6.42. The van der Waals surface area contributed by atoms with Crippen molar-refractivity contribution >= 4 is 34.9 Å². The summed E-state index contributed by atoms with van der Waals surface area (Å²) in [5, 5.41) is 8.11. The van der Waals surface area contributed by atoms with Crippen molar-refractivity contribution < 1.29 is 9.53 Å². The van der Waals surface area contributed by atoms with Gasteiger partial charge in [-0.3, -0.25) is 9.48 Å². The zero-order valence-electron chi connectivity index (χ0n) is 13.4. The van der Waals surface area contributed by atoms with E-state index in [1.165, 1.54) is 0 Å². The van der Waals surface area contributed by atoms with Gasteiger partial charge in [0.05, 0.1) is 23.7 Å². The average Bonchev–Trinajstić information content (AvgIpc) is 3.05. The Morgan fingerprint density at radius 2 is 2.00 bits per heavy atom. The van der Waals surface area contributed by atoms with Crippen LogP contribution in [0, 0.1) is 0 Å². The number of benzene rings is 2. The number of nitrogens with one attached hydrogen (secondary N) is 1. The Bertz CT molecular complexity index is 909. The number of methoxy groups -OCH3 is 1. The van der Waals surface area contributed by atoms with E-state index in [9.17, 15) is 4.79 Å². The first-order valence-corrected chi connectivity index (χ1v) is 8.23. The summed E-state index contributed by atoms with van der Waals surface area (Å²) in [6, 6.07) is 14.1. The molecule has 1 aromatic heterocycles. The summed E-state index contributed by atoms with van der Waals surface area (Å²) in [6.45, 7) is 0.520. The van der Waals surface area contributed by atoms with Gasteiger partial charge in [-0.25, -0.2) is 0 Å². The van der Waals surface area contributed by atoms with E-state index >= 15 is 0 Å². The van der Waals surface area contributed by atoms with Crippen LogP contribution in [0.5, 0.6) is 5.75 Å². The molecule has 0 bridgehead atoms. The zero-order valence-corrected chi connectivity index (χ0v) is 14.9. The van der Waals surface area contributed by atoms with Gasteiger partial charge < -0.3 is 10.1 Å². The highest BCUT2D eigenvalue weighted by Gasteiger charge is 2.09. The normalized spacial score (nSPS) is 10.5. The number of rotatable bonds is 5. The topological polar surface area (TPSA) is 56.1 Å². The fourth-order valence-electron chi connectivity index (χ4n) is 2.29. The van der Waals surface area contributed by atoms with Crippen LogP contribution in [0.3, 0.4) is 0 Å². The standard InChI is InChI=1S/C18H15Cl2N3O2/c1-25-14-4-2-3-13(10-14)18(24)21-17-7-8-23(22-17)11-12-5-6-15(19)16(20)9-12/h2-10H,11H2,1H3,(H,21,22,24). The molecular formula is C18H15Cl2N3O2. The summed E-state index contributed by atoms with van der Waals surface area (Å²) < 4.78 is 6.83. The predicted octanol–water partition coefficient (Wildman–Crippen LogP) is 4.50. The molecule has 128 valence electrons. The first-order chi connectivity index (χ1) is 12.0. The van der Waals surface area contributed by atoms with Crippen LogP contribution >= 0.6 is 23.2 Å². The molecule has 3 rings (SSSR count). The van der Waals surface area contributed by atoms with Crippen molar-refractivity contribution in [2.24, 2.45) is 0 Å². The summed E-state index contributed by atoms with van der Waals surface area (Å²) in [5.41, 5.74) is 1.46. The van der Waals surface area contributed by atoms with E-state index in [-0.39, 0.29) is 5.91 Å². The molecule has 0 fully saturated rings. The Kier molecular flexibility index (Phi) is 5.26. The zero-order chi connectivity index (χ0) is 17.8. The van der Waals surface area contributed by atoms with E-state index in [1.54, 1.807) is 60.5 Å². The van der Waals surface area contributed by atoms with Crippen LogP contribution in [0.1, 0.15) is 15.9 Å². The molecule has 0 spiro atoms. The maximum Gasteiger partial charge on any atom is 0.256 e. The predicted molar refractivity (Wildman–Crippen MR) is 98.7 cm³/mol. The molecule has 0 radical (unpaired) electrons. The average molecular weight is 376 g/mol. The summed E-state index contributed by atoms with van der Waals surface area (Å²) >= 11 is 11.9. The van der Waals surface area contributed by atoms with Gasteiger partial charge in [0.1, 0.15) is 5.75 Å². The van der Waals surface area contributed by atoms with Crippen LogP contribution in [-0.4, -0.2) is 22.8 Å². The first-order valence-electron chi connectivity index (χ1n) is 7.48. The first kappa shape index (κ1) is 17.3. The van der Waals surface area contributed by atoms with Gasteiger partial charge >= 0.3 is 0 Å². The monoisotopic (exact) mass is 375 g/mol. The lowest BCUT2D eigenvalue weighted by Gasteiger charge is -2.05. The van der Waals surface area contributed by atoms with Gasteiger partial charge in [0, 0.05) is 17.8 Å². The van der Waals surface area contributed by atoms with E-state index in [0.717, 1.165) is 5.56 Å². The van der Waals surface area contributed by atoms with Gasteiger partial charge in [0.2, 0.25) is 0 Å². The SMILES string of the molecule is COc1cccc(C(=O)Nc2ccn(Cc3ccc(Cl)c(Cl)c3)n2)c1. The minimum absolute atomic E-state index is 0.251. The molecule has 1 N–H and O–H groups in total. The summed E-state index contributed by atoms with van der Waals surface area (Å²) in [6.07, 6.45) is 1.78. The molecule has 0 saturated heterocycles. The minimum Gasteiger partial charge on any atom is -0.497 e. The maximum atomic E-state index is 12.3. The molecule has 0 aliphatic carbocycles. The number of hydrogen-bond acceptors (Lipinski definition) is 3. The number of aromatic nitrogens is 2. The minimum atomic E-state index is -0.251. The van der Waals surface area contributed by atoms with Crippen LogP contribution in [0.2, 0.25) is 10.0 Å². The number of halogens is 2. The lowest BCUT2D eigenvalue weighted by molar-refractivity contribution is 0.102. The van der Waals surface area contributed by atoms with E-state index < -0.39 is 0 Å². The van der Waals surface area contributed by atoms with Crippen molar-refractivity contribution in [3.8, 4) is 5.75 Å². The molecule has 0 aliphatic heterocycles. The molecule has 5 nitrogen and oxygen atoms in total. The van der Waals surface area contributed by atoms with Crippen molar-refractivity contribution in [3.05, 3.63) is 75.9 Å². The second-order valence-corrected chi connectivity index (χ2v) is 6.15. The second-order valence-electron chi connectivity index (χ2n) is 5.33. The molecule has 1 heterocycles. The van der Waals surface area contributed by atoms with Crippen LogP contribution in [0.15, 0.2) is 54.7 Å². The third-order valence-corrected chi connectivity index (χ3v) is 4.28. The van der Waals surface area contributed by atoms with Crippen molar-refractivity contribution in [3.63, 3.8) is 0 Å². The molecule has 25 heavy (non-hydrogen) atoms. The Morgan fingerprint density at radius 1 is 1.16 bits per heavy atom. The molecule has 1 amide bonds. The third kappa shape index (κ3) is 4.32. The van der Waals surface area contributed by atoms with Gasteiger partial charge in [-0.15, -0.1) is 0 Å². The number of amides is 1. The van der Waals surface area contributed by atoms with E-state index in [4.69, 9.17) is 27.9 Å². The van der Waals surface area contributed by atoms with Crippen molar-refractivity contribution in [2.75, 3.05) is 12.4 Å². The summed E-state index contributed by atoms with van der Waals surface area (Å²) in [5.74, 6) is 0.837. The number of nitrogens with zero attached hydrogens (tertiary/aromatic N) is 2. The Labute approximate surface area is 155 Å². The second kappa shape index (κ2) is 7.59. The molecule has 7 heteroatoms. The lowest BCUT2D eigenvalue weighted by atomic mass is 10.2. The van der Waals surface area contributed by atoms with Crippen LogP contribution in [0.4, 0.5) is 5.82 Å². The highest BCUT2D eigenvalue weighted by Crippen LogP contribution is 2.23. The van der Waals surface area contributed by atoms with Crippen molar-refractivity contribution in [1.82, 2.24) is 9.78 Å². The van der Waals surface area contributed by atoms with Crippen LogP contribution in [-0.2, 0) is 6.54 Å². The summed E-state index contributed by atoms with van der Waals surface area (Å²) in [7, 11) is 1.56. The largest absolute Gasteiger partial charge is 0.497 e. The molecule has 0 saturated carbocycles. The number of anilines is 1. The van der Waals surface area contributed by atoms with Crippen molar-refractivity contribution in [1.29, 1.82) is 0 Å². The van der Waals surface area contributed by atoms with E-state index in [1.807, 2.05) is 6.07 Å². The van der Waals surface area contributed by atoms with Gasteiger partial charge in [-0.1, -0.05) is 35.3 Å². The molecule has 3 aromatic rings. The number of hydrogen-bond donors (Lipinski definition) is 1. The Balaban J connectivity index is 1.68. The van der Waals surface area contributed by atoms with Gasteiger partial charge in [0.25, 0.3) is 5.91 Å². The van der Waals surface area contributed by atoms with Gasteiger partial charge in [-0.05, 0) is 35.9 Å². The lowest BCUT2D eigenvalue weighted by Crippen LogP contribution is -2.13. The molecule has 0 aliphatic rings. The smallest absolute Gasteiger partial charge is 0.256 e. The molecular weight excluding hydrogens is 361 g/mol. The maximum absolute atomic E-state index is 12.3. The summed E-state index contributed by atoms with van der Waals surface area (Å²) in [4.78, 5) is 12.3. The fourth-order valence-corrected chi connectivity index (χ4v) is 2.61. The Hall–Kier alpha value is -2.50. The van der Waals surface area contributed by atoms with Crippen LogP contribution < -0.4 is 10.1 Å². The fraction of sp³-hybridized carbons (Fsp3) is 0.111.